The second kappa shape index (κ2) is 3.81. The van der Waals surface area contributed by atoms with Crippen molar-refractivity contribution in [2.24, 2.45) is 5.41 Å². The van der Waals surface area contributed by atoms with Gasteiger partial charge in [0.05, 0.1) is 18.9 Å². The summed E-state index contributed by atoms with van der Waals surface area (Å²) in [5, 5.41) is 8.38. The molecular weight excluding hydrogens is 264 g/mol. The van der Waals surface area contributed by atoms with Crippen molar-refractivity contribution in [2.75, 3.05) is 17.8 Å². The second-order valence-corrected chi connectivity index (χ2v) is 5.82. The Hall–Kier alpha value is -1.87. The molecule has 1 amide bonds. The Morgan fingerprint density at radius 1 is 1.58 bits per heavy atom. The van der Waals surface area contributed by atoms with Gasteiger partial charge in [-0.05, 0) is 19.1 Å². The lowest BCUT2D eigenvalue weighted by Crippen LogP contribution is -2.67. The fourth-order valence-electron chi connectivity index (χ4n) is 2.36. The van der Waals surface area contributed by atoms with Gasteiger partial charge in [0.2, 0.25) is 0 Å². The van der Waals surface area contributed by atoms with Gasteiger partial charge >= 0.3 is 6.09 Å². The van der Waals surface area contributed by atoms with Crippen LogP contribution in [0.5, 0.6) is 5.75 Å². The molecule has 1 fully saturated rings. The molecule has 6 heteroatoms. The van der Waals surface area contributed by atoms with Crippen LogP contribution in [0.3, 0.4) is 0 Å². The molecule has 2 aliphatic heterocycles. The minimum Gasteiger partial charge on any atom is -0.454 e. The lowest BCUT2D eigenvalue weighted by atomic mass is 9.90. The topological polar surface area (TPSA) is 62.6 Å². The number of methoxy groups -OCH3 is 1. The summed E-state index contributed by atoms with van der Waals surface area (Å²) < 4.78 is 10.8. The molecule has 2 aliphatic rings. The average molecular weight is 276 g/mol. The summed E-state index contributed by atoms with van der Waals surface area (Å²) in [5.41, 5.74) is -0.117. The van der Waals surface area contributed by atoms with E-state index in [4.69, 9.17) is 9.47 Å². The van der Waals surface area contributed by atoms with E-state index in [1.165, 1.54) is 23.8 Å². The van der Waals surface area contributed by atoms with Crippen LogP contribution in [0.4, 0.5) is 10.5 Å². The van der Waals surface area contributed by atoms with Crippen LogP contribution in [-0.2, 0) is 4.74 Å². The van der Waals surface area contributed by atoms with Crippen molar-refractivity contribution in [3.8, 4) is 11.8 Å². The molecule has 0 aliphatic carbocycles. The minimum absolute atomic E-state index is 0.515. The number of nitriles is 1. The van der Waals surface area contributed by atoms with E-state index in [1.807, 2.05) is 12.1 Å². The second-order valence-electron chi connectivity index (χ2n) is 4.69. The number of ether oxygens (including phenoxy) is 2. The Kier molecular flexibility index (Phi) is 2.44. The van der Waals surface area contributed by atoms with Crippen LogP contribution in [0.2, 0.25) is 0 Å². The maximum atomic E-state index is 12.1. The summed E-state index contributed by atoms with van der Waals surface area (Å²) >= 11 is 1.44. The molecule has 1 aromatic carbocycles. The minimum atomic E-state index is -1.02. The molecule has 5 nitrogen and oxygen atoms in total. The number of thioether (sulfide) groups is 1. The first-order valence-electron chi connectivity index (χ1n) is 5.79. The molecule has 1 aromatic rings. The fraction of sp³-hybridized carbons (Fsp3) is 0.385. The zero-order chi connectivity index (χ0) is 13.7. The van der Waals surface area contributed by atoms with Gasteiger partial charge in [-0.2, -0.15) is 5.26 Å². The number of benzene rings is 1. The third-order valence-corrected chi connectivity index (χ3v) is 5.34. The smallest absolute Gasteiger partial charge is 0.418 e. The van der Waals surface area contributed by atoms with Crippen LogP contribution in [-0.4, -0.2) is 24.0 Å². The Morgan fingerprint density at radius 3 is 2.89 bits per heavy atom. The highest BCUT2D eigenvalue weighted by molar-refractivity contribution is 8.02. The molecule has 0 aromatic heterocycles. The summed E-state index contributed by atoms with van der Waals surface area (Å²) in [6.07, 6.45) is -0.515. The summed E-state index contributed by atoms with van der Waals surface area (Å²) in [6, 6.07) is 9.49. The first-order chi connectivity index (χ1) is 9.08. The number of fused-ring (bicyclic) bond motifs is 1. The van der Waals surface area contributed by atoms with Gasteiger partial charge in [0.25, 0.3) is 5.06 Å². The van der Waals surface area contributed by atoms with E-state index in [2.05, 4.69) is 6.07 Å². The van der Waals surface area contributed by atoms with E-state index in [0.29, 0.717) is 17.2 Å². The first kappa shape index (κ1) is 12.2. The lowest BCUT2D eigenvalue weighted by molar-refractivity contribution is 0.0691. The molecule has 1 saturated heterocycles. The fourth-order valence-corrected chi connectivity index (χ4v) is 3.74. The maximum absolute atomic E-state index is 12.1. The van der Waals surface area contributed by atoms with Gasteiger partial charge in [-0.3, -0.25) is 0 Å². The Balaban J connectivity index is 2.14. The monoisotopic (exact) mass is 276 g/mol. The largest absolute Gasteiger partial charge is 0.454 e. The normalized spacial score (nSPS) is 31.1. The van der Waals surface area contributed by atoms with E-state index in [1.54, 1.807) is 19.1 Å². The SMILES string of the molecule is COC(=O)N1c2ccccc2OC12SC[C@]2(C)C#N. The average Bonchev–Trinajstić information content (AvgIpc) is 2.82. The van der Waals surface area contributed by atoms with E-state index < -0.39 is 16.6 Å². The Bertz CT molecular complexity index is 600. The quantitative estimate of drug-likeness (QED) is 0.728. The molecule has 0 N–H and O–H groups in total. The number of amides is 1. The van der Waals surface area contributed by atoms with Crippen molar-refractivity contribution in [3.63, 3.8) is 0 Å². The third-order valence-electron chi connectivity index (χ3n) is 3.51. The summed E-state index contributed by atoms with van der Waals surface area (Å²) in [5.74, 6) is 1.21. The van der Waals surface area contributed by atoms with Crippen LogP contribution in [0, 0.1) is 16.7 Å². The summed E-state index contributed by atoms with van der Waals surface area (Å²) in [7, 11) is 1.32. The van der Waals surface area contributed by atoms with Crippen molar-refractivity contribution in [2.45, 2.75) is 12.0 Å². The molecule has 0 radical (unpaired) electrons. The van der Waals surface area contributed by atoms with Crippen LogP contribution >= 0.6 is 11.8 Å². The highest BCUT2D eigenvalue weighted by atomic mass is 32.2. The molecule has 98 valence electrons. The maximum Gasteiger partial charge on any atom is 0.418 e. The third kappa shape index (κ3) is 1.33. The van der Waals surface area contributed by atoms with Crippen molar-refractivity contribution in [3.05, 3.63) is 24.3 Å². The standard InChI is InChI=1S/C13H12N2O3S/c1-12(7-14)8-19-13(12)15(11(16)17-2)9-5-3-4-6-10(9)18-13/h3-6H,8H2,1-2H3/t12-,13?/m0/s1. The van der Waals surface area contributed by atoms with Gasteiger partial charge in [0, 0.05) is 5.75 Å². The zero-order valence-corrected chi connectivity index (χ0v) is 11.4. The number of carbonyl (C=O) groups excluding carboxylic acids is 1. The van der Waals surface area contributed by atoms with Crippen molar-refractivity contribution >= 4 is 23.5 Å². The van der Waals surface area contributed by atoms with Gasteiger partial charge in [-0.25, -0.2) is 9.69 Å². The number of nitrogens with zero attached hydrogens (tertiary/aromatic N) is 2. The highest BCUT2D eigenvalue weighted by Crippen LogP contribution is 2.63. The first-order valence-corrected chi connectivity index (χ1v) is 6.78. The van der Waals surface area contributed by atoms with Crippen LogP contribution < -0.4 is 9.64 Å². The number of carbonyl (C=O) groups is 1. The molecule has 2 heterocycles. The Morgan fingerprint density at radius 2 is 2.32 bits per heavy atom. The van der Waals surface area contributed by atoms with E-state index >= 15 is 0 Å². The molecule has 2 atom stereocenters. The van der Waals surface area contributed by atoms with Crippen LogP contribution in [0.1, 0.15) is 6.92 Å². The van der Waals surface area contributed by atoms with Crippen LogP contribution in [0.25, 0.3) is 0 Å². The van der Waals surface area contributed by atoms with Gasteiger partial charge in [-0.15, -0.1) is 0 Å². The number of hydrogen-bond acceptors (Lipinski definition) is 5. The predicted octanol–water partition coefficient (Wildman–Crippen LogP) is 2.58. The summed E-state index contributed by atoms with van der Waals surface area (Å²) in [6.45, 7) is 1.80. The number of anilines is 1. The van der Waals surface area contributed by atoms with Crippen LogP contribution in [0.15, 0.2) is 24.3 Å². The molecule has 1 spiro atoms. The van der Waals surface area contributed by atoms with Crippen molar-refractivity contribution in [1.29, 1.82) is 5.26 Å². The highest BCUT2D eigenvalue weighted by Gasteiger charge is 2.69. The molecule has 0 saturated carbocycles. The number of para-hydroxylation sites is 2. The molecule has 0 bridgehead atoms. The van der Waals surface area contributed by atoms with Gasteiger partial charge in [-0.1, -0.05) is 23.9 Å². The van der Waals surface area contributed by atoms with E-state index in [-0.39, 0.29) is 0 Å². The molecule has 1 unspecified atom stereocenters. The lowest BCUT2D eigenvalue weighted by Gasteiger charge is -2.51. The molecule has 3 rings (SSSR count). The van der Waals surface area contributed by atoms with E-state index in [9.17, 15) is 10.1 Å². The van der Waals surface area contributed by atoms with Crippen molar-refractivity contribution in [1.82, 2.24) is 0 Å². The predicted molar refractivity (Wildman–Crippen MR) is 70.9 cm³/mol. The van der Waals surface area contributed by atoms with E-state index in [0.717, 1.165) is 0 Å². The summed E-state index contributed by atoms with van der Waals surface area (Å²) in [4.78, 5) is 13.5. The van der Waals surface area contributed by atoms with Gasteiger partial charge in [0.15, 0.2) is 0 Å². The Labute approximate surface area is 115 Å². The van der Waals surface area contributed by atoms with Gasteiger partial charge in [0.1, 0.15) is 11.2 Å². The molecular formula is C13H12N2O3S. The van der Waals surface area contributed by atoms with Gasteiger partial charge < -0.3 is 9.47 Å². The molecule has 19 heavy (non-hydrogen) atoms. The number of rotatable bonds is 0. The zero-order valence-electron chi connectivity index (χ0n) is 10.5. The van der Waals surface area contributed by atoms with Crippen molar-refractivity contribution < 1.29 is 14.3 Å². The number of hydrogen-bond donors (Lipinski definition) is 0.